The van der Waals surface area contributed by atoms with Crippen LogP contribution in [0.15, 0.2) is 11.4 Å². The van der Waals surface area contributed by atoms with E-state index in [-0.39, 0.29) is 0 Å². The Morgan fingerprint density at radius 3 is 2.94 bits per heavy atom. The number of fused-ring (bicyclic) bond motifs is 1. The van der Waals surface area contributed by atoms with Crippen molar-refractivity contribution in [2.75, 3.05) is 19.6 Å². The van der Waals surface area contributed by atoms with E-state index in [1.165, 1.54) is 13.0 Å². The molecule has 1 N–H and O–H groups in total. The Hall–Kier alpha value is -0.380. The van der Waals surface area contributed by atoms with Gasteiger partial charge in [0.2, 0.25) is 0 Å². The van der Waals surface area contributed by atoms with E-state index in [0.29, 0.717) is 18.0 Å². The van der Waals surface area contributed by atoms with Crippen molar-refractivity contribution in [3.05, 3.63) is 21.9 Å². The normalized spacial score (nSPS) is 22.2. The van der Waals surface area contributed by atoms with Crippen LogP contribution in [-0.2, 0) is 6.42 Å². The van der Waals surface area contributed by atoms with Gasteiger partial charge in [0.15, 0.2) is 0 Å². The Morgan fingerprint density at radius 1 is 1.44 bits per heavy atom. The maximum atomic E-state index is 3.63. The molecule has 1 aromatic heterocycles. The van der Waals surface area contributed by atoms with E-state index < -0.39 is 0 Å². The summed E-state index contributed by atoms with van der Waals surface area (Å²) in [5, 5.41) is 5.87. The molecule has 0 saturated heterocycles. The van der Waals surface area contributed by atoms with E-state index >= 15 is 0 Å². The van der Waals surface area contributed by atoms with Gasteiger partial charge in [-0.05, 0) is 43.2 Å². The molecule has 2 rings (SSSR count). The molecule has 0 fully saturated rings. The molecule has 0 saturated carbocycles. The van der Waals surface area contributed by atoms with E-state index in [2.05, 4.69) is 49.4 Å². The SMILES string of the molecule is CC(C)C(C)NCCN1CCc2sccc2C1C. The molecule has 2 unspecified atom stereocenters. The third-order valence-electron chi connectivity index (χ3n) is 4.27. The summed E-state index contributed by atoms with van der Waals surface area (Å²) in [5.41, 5.74) is 1.56. The molecular formula is C15H26N2S. The first-order valence-electron chi connectivity index (χ1n) is 7.13. The van der Waals surface area contributed by atoms with Gasteiger partial charge in [-0.15, -0.1) is 11.3 Å². The number of hydrogen-bond acceptors (Lipinski definition) is 3. The summed E-state index contributed by atoms with van der Waals surface area (Å²) in [6.45, 7) is 12.7. The van der Waals surface area contributed by atoms with Gasteiger partial charge in [0, 0.05) is 36.6 Å². The molecule has 0 radical (unpaired) electrons. The monoisotopic (exact) mass is 266 g/mol. The van der Waals surface area contributed by atoms with Crippen LogP contribution in [-0.4, -0.2) is 30.6 Å². The summed E-state index contributed by atoms with van der Waals surface area (Å²) in [4.78, 5) is 4.21. The smallest absolute Gasteiger partial charge is 0.0331 e. The lowest BCUT2D eigenvalue weighted by atomic mass is 10.0. The highest BCUT2D eigenvalue weighted by atomic mass is 32.1. The lowest BCUT2D eigenvalue weighted by Crippen LogP contribution is -2.41. The molecule has 0 amide bonds. The van der Waals surface area contributed by atoms with Crippen molar-refractivity contribution in [2.45, 2.75) is 46.2 Å². The van der Waals surface area contributed by atoms with Crippen molar-refractivity contribution >= 4 is 11.3 Å². The van der Waals surface area contributed by atoms with Gasteiger partial charge in [-0.3, -0.25) is 4.90 Å². The number of hydrogen-bond donors (Lipinski definition) is 1. The Labute approximate surface area is 115 Å². The number of rotatable bonds is 5. The van der Waals surface area contributed by atoms with Gasteiger partial charge in [0.05, 0.1) is 0 Å². The number of nitrogens with one attached hydrogen (secondary N) is 1. The molecule has 0 aromatic carbocycles. The molecule has 2 nitrogen and oxygen atoms in total. The molecule has 0 aliphatic carbocycles. The van der Waals surface area contributed by atoms with Crippen LogP contribution in [0.3, 0.4) is 0 Å². The maximum Gasteiger partial charge on any atom is 0.0331 e. The van der Waals surface area contributed by atoms with Crippen molar-refractivity contribution in [1.29, 1.82) is 0 Å². The Bertz CT molecular complexity index is 372. The Kier molecular flexibility index (Phi) is 4.82. The van der Waals surface area contributed by atoms with Gasteiger partial charge in [0.25, 0.3) is 0 Å². The van der Waals surface area contributed by atoms with Crippen LogP contribution in [0.2, 0.25) is 0 Å². The minimum atomic E-state index is 0.594. The molecule has 2 heterocycles. The quantitative estimate of drug-likeness (QED) is 0.879. The van der Waals surface area contributed by atoms with E-state index in [0.717, 1.165) is 13.1 Å². The molecule has 2 atom stereocenters. The topological polar surface area (TPSA) is 15.3 Å². The standard InChI is InChI=1S/C15H26N2S/c1-11(2)12(3)16-7-9-17-8-5-15-14(13(17)4)6-10-18-15/h6,10-13,16H,5,7-9H2,1-4H3. The van der Waals surface area contributed by atoms with Crippen molar-refractivity contribution in [3.8, 4) is 0 Å². The molecular weight excluding hydrogens is 240 g/mol. The first-order valence-corrected chi connectivity index (χ1v) is 8.01. The highest BCUT2D eigenvalue weighted by Gasteiger charge is 2.24. The van der Waals surface area contributed by atoms with Crippen LogP contribution in [0.1, 0.15) is 44.2 Å². The number of nitrogens with zero attached hydrogens (tertiary/aromatic N) is 1. The first kappa shape index (κ1) is 14.0. The second kappa shape index (κ2) is 6.18. The summed E-state index contributed by atoms with van der Waals surface area (Å²) in [6, 6.07) is 3.51. The summed E-state index contributed by atoms with van der Waals surface area (Å²) < 4.78 is 0. The maximum absolute atomic E-state index is 3.63. The van der Waals surface area contributed by atoms with Gasteiger partial charge in [-0.1, -0.05) is 13.8 Å². The molecule has 18 heavy (non-hydrogen) atoms. The highest BCUT2D eigenvalue weighted by Crippen LogP contribution is 2.32. The van der Waals surface area contributed by atoms with Crippen LogP contribution >= 0.6 is 11.3 Å². The Balaban J connectivity index is 1.81. The third kappa shape index (κ3) is 3.14. The molecule has 1 aliphatic rings. The molecule has 0 bridgehead atoms. The zero-order valence-electron chi connectivity index (χ0n) is 12.1. The van der Waals surface area contributed by atoms with Gasteiger partial charge in [-0.2, -0.15) is 0 Å². The van der Waals surface area contributed by atoms with Crippen molar-refractivity contribution in [1.82, 2.24) is 10.2 Å². The molecule has 0 spiro atoms. The third-order valence-corrected chi connectivity index (χ3v) is 5.27. The molecule has 3 heteroatoms. The van der Waals surface area contributed by atoms with Crippen LogP contribution in [0, 0.1) is 5.92 Å². The lowest BCUT2D eigenvalue weighted by Gasteiger charge is -2.34. The second-order valence-electron chi connectivity index (χ2n) is 5.75. The summed E-state index contributed by atoms with van der Waals surface area (Å²) in [7, 11) is 0. The lowest BCUT2D eigenvalue weighted by molar-refractivity contribution is 0.197. The average molecular weight is 266 g/mol. The van der Waals surface area contributed by atoms with E-state index in [1.807, 2.05) is 11.3 Å². The largest absolute Gasteiger partial charge is 0.313 e. The van der Waals surface area contributed by atoms with Crippen LogP contribution in [0.5, 0.6) is 0 Å². The first-order chi connectivity index (χ1) is 8.59. The van der Waals surface area contributed by atoms with E-state index in [9.17, 15) is 0 Å². The van der Waals surface area contributed by atoms with Crippen molar-refractivity contribution < 1.29 is 0 Å². The zero-order chi connectivity index (χ0) is 13.1. The second-order valence-corrected chi connectivity index (χ2v) is 6.75. The van der Waals surface area contributed by atoms with Crippen LogP contribution < -0.4 is 5.32 Å². The highest BCUT2D eigenvalue weighted by molar-refractivity contribution is 7.10. The summed E-state index contributed by atoms with van der Waals surface area (Å²) in [6.07, 6.45) is 1.23. The minimum absolute atomic E-state index is 0.594. The van der Waals surface area contributed by atoms with Crippen molar-refractivity contribution in [3.63, 3.8) is 0 Å². The van der Waals surface area contributed by atoms with Gasteiger partial charge in [0.1, 0.15) is 0 Å². The average Bonchev–Trinajstić information content (AvgIpc) is 2.80. The van der Waals surface area contributed by atoms with Crippen LogP contribution in [0.4, 0.5) is 0 Å². The predicted octanol–water partition coefficient (Wildman–Crippen LogP) is 3.30. The summed E-state index contributed by atoms with van der Waals surface area (Å²) in [5.74, 6) is 0.715. The molecule has 102 valence electrons. The fourth-order valence-corrected chi connectivity index (χ4v) is 3.50. The van der Waals surface area contributed by atoms with Crippen molar-refractivity contribution in [2.24, 2.45) is 5.92 Å². The van der Waals surface area contributed by atoms with Gasteiger partial charge in [-0.25, -0.2) is 0 Å². The fourth-order valence-electron chi connectivity index (χ4n) is 2.54. The number of thiophene rings is 1. The van der Waals surface area contributed by atoms with Crippen LogP contribution in [0.25, 0.3) is 0 Å². The summed E-state index contributed by atoms with van der Waals surface area (Å²) >= 11 is 1.92. The molecule has 1 aromatic rings. The predicted molar refractivity (Wildman–Crippen MR) is 80.3 cm³/mol. The Morgan fingerprint density at radius 2 is 2.22 bits per heavy atom. The van der Waals surface area contributed by atoms with E-state index in [1.54, 1.807) is 10.4 Å². The zero-order valence-corrected chi connectivity index (χ0v) is 12.9. The molecule has 1 aliphatic heterocycles. The fraction of sp³-hybridized carbons (Fsp3) is 0.733. The minimum Gasteiger partial charge on any atom is -0.313 e. The van der Waals surface area contributed by atoms with Gasteiger partial charge >= 0.3 is 0 Å². The van der Waals surface area contributed by atoms with E-state index in [4.69, 9.17) is 0 Å². The van der Waals surface area contributed by atoms with Gasteiger partial charge < -0.3 is 5.32 Å².